The molecular formula is C15H16N2O4. The molecule has 2 aromatic rings. The molecule has 21 heavy (non-hydrogen) atoms. The number of nitrogens with two attached hydrogens (primary N) is 1. The number of ether oxygens (including phenoxy) is 2. The van der Waals surface area contributed by atoms with E-state index in [1.54, 1.807) is 18.2 Å². The minimum Gasteiger partial charge on any atom is -0.508 e. The predicted octanol–water partition coefficient (Wildman–Crippen LogP) is 2.24. The number of rotatable bonds is 4. The van der Waals surface area contributed by atoms with Crippen molar-refractivity contribution in [3.05, 3.63) is 42.0 Å². The van der Waals surface area contributed by atoms with E-state index in [4.69, 9.17) is 15.2 Å². The molecule has 0 spiro atoms. The van der Waals surface area contributed by atoms with E-state index in [9.17, 15) is 9.90 Å². The Morgan fingerprint density at radius 2 is 1.81 bits per heavy atom. The minimum atomic E-state index is -0.421. The number of carbonyl (C=O) groups excluding carboxylic acids is 1. The lowest BCUT2D eigenvalue weighted by Crippen LogP contribution is -2.14. The van der Waals surface area contributed by atoms with Gasteiger partial charge in [-0.2, -0.15) is 0 Å². The highest BCUT2D eigenvalue weighted by Crippen LogP contribution is 2.30. The van der Waals surface area contributed by atoms with Crippen LogP contribution in [-0.4, -0.2) is 25.2 Å². The lowest BCUT2D eigenvalue weighted by Gasteiger charge is -2.11. The number of methoxy groups -OCH3 is 2. The summed E-state index contributed by atoms with van der Waals surface area (Å²) in [5, 5.41) is 12.1. The van der Waals surface area contributed by atoms with Gasteiger partial charge in [0, 0.05) is 17.4 Å². The Balaban J connectivity index is 2.25. The van der Waals surface area contributed by atoms with E-state index in [2.05, 4.69) is 5.32 Å². The first-order chi connectivity index (χ1) is 10.0. The second-order valence-corrected chi connectivity index (χ2v) is 4.30. The Morgan fingerprint density at radius 1 is 1.10 bits per heavy atom. The molecule has 4 N–H and O–H groups in total. The summed E-state index contributed by atoms with van der Waals surface area (Å²) in [4.78, 5) is 12.2. The largest absolute Gasteiger partial charge is 0.508 e. The zero-order chi connectivity index (χ0) is 15.4. The normalized spacial score (nSPS) is 10.0. The molecule has 1 amide bonds. The molecule has 0 unspecified atom stereocenters. The molecular weight excluding hydrogens is 272 g/mol. The zero-order valence-electron chi connectivity index (χ0n) is 11.7. The highest BCUT2D eigenvalue weighted by Gasteiger charge is 2.12. The minimum absolute atomic E-state index is 0.0262. The van der Waals surface area contributed by atoms with Crippen molar-refractivity contribution in [1.82, 2.24) is 0 Å². The predicted molar refractivity (Wildman–Crippen MR) is 80.0 cm³/mol. The lowest BCUT2D eigenvalue weighted by atomic mass is 10.1. The van der Waals surface area contributed by atoms with Crippen LogP contribution in [0.1, 0.15) is 10.4 Å². The van der Waals surface area contributed by atoms with Crippen molar-refractivity contribution in [3.63, 3.8) is 0 Å². The zero-order valence-corrected chi connectivity index (χ0v) is 11.7. The number of anilines is 2. The van der Waals surface area contributed by atoms with Crippen LogP contribution in [0.5, 0.6) is 17.2 Å². The van der Waals surface area contributed by atoms with Crippen LogP contribution in [0.15, 0.2) is 36.4 Å². The fraction of sp³-hybridized carbons (Fsp3) is 0.133. The third-order valence-electron chi connectivity index (χ3n) is 2.92. The van der Waals surface area contributed by atoms with Gasteiger partial charge in [0.1, 0.15) is 5.75 Å². The number of nitrogen functional groups attached to an aromatic ring is 1. The quantitative estimate of drug-likeness (QED) is 0.592. The van der Waals surface area contributed by atoms with Gasteiger partial charge in [-0.25, -0.2) is 0 Å². The van der Waals surface area contributed by atoms with Crippen LogP contribution in [0.3, 0.4) is 0 Å². The van der Waals surface area contributed by atoms with Gasteiger partial charge < -0.3 is 25.6 Å². The summed E-state index contributed by atoms with van der Waals surface area (Å²) in [7, 11) is 3.04. The summed E-state index contributed by atoms with van der Waals surface area (Å²) in [6, 6.07) is 9.20. The summed E-state index contributed by atoms with van der Waals surface area (Å²) < 4.78 is 10.3. The lowest BCUT2D eigenvalue weighted by molar-refractivity contribution is 0.102. The van der Waals surface area contributed by atoms with Crippen molar-refractivity contribution in [2.75, 3.05) is 25.3 Å². The van der Waals surface area contributed by atoms with Crippen LogP contribution in [0.25, 0.3) is 0 Å². The molecule has 0 aromatic heterocycles. The number of carbonyl (C=O) groups is 1. The maximum atomic E-state index is 12.2. The van der Waals surface area contributed by atoms with E-state index >= 15 is 0 Å². The van der Waals surface area contributed by atoms with Crippen molar-refractivity contribution in [2.24, 2.45) is 0 Å². The van der Waals surface area contributed by atoms with Gasteiger partial charge in [0.15, 0.2) is 11.5 Å². The molecule has 0 saturated carbocycles. The summed E-state index contributed by atoms with van der Waals surface area (Å²) in [5.74, 6) is 0.615. The summed E-state index contributed by atoms with van der Waals surface area (Å²) in [6.45, 7) is 0. The second kappa shape index (κ2) is 6.04. The van der Waals surface area contributed by atoms with Gasteiger partial charge in [0.05, 0.1) is 19.8 Å². The number of hydrogen-bond donors (Lipinski definition) is 3. The molecule has 0 heterocycles. The maximum absolute atomic E-state index is 12.2. The SMILES string of the molecule is COc1ccc(NC(=O)c2cc(O)ccc2N)cc1OC. The Kier molecular flexibility index (Phi) is 4.18. The van der Waals surface area contributed by atoms with E-state index in [-0.39, 0.29) is 17.0 Å². The summed E-state index contributed by atoms with van der Waals surface area (Å²) in [5.41, 5.74) is 6.74. The average molecular weight is 288 g/mol. The molecule has 0 aliphatic rings. The molecule has 6 heteroatoms. The number of nitrogens with one attached hydrogen (secondary N) is 1. The van der Waals surface area contributed by atoms with Gasteiger partial charge in [0.2, 0.25) is 0 Å². The van der Waals surface area contributed by atoms with E-state index in [1.165, 1.54) is 32.4 Å². The Morgan fingerprint density at radius 3 is 2.48 bits per heavy atom. The molecule has 0 bridgehead atoms. The number of aromatic hydroxyl groups is 1. The monoisotopic (exact) mass is 288 g/mol. The van der Waals surface area contributed by atoms with E-state index in [1.807, 2.05) is 0 Å². The van der Waals surface area contributed by atoms with Crippen molar-refractivity contribution in [3.8, 4) is 17.2 Å². The summed E-state index contributed by atoms with van der Waals surface area (Å²) in [6.07, 6.45) is 0. The first-order valence-electron chi connectivity index (χ1n) is 6.17. The summed E-state index contributed by atoms with van der Waals surface area (Å²) >= 11 is 0. The fourth-order valence-electron chi connectivity index (χ4n) is 1.85. The highest BCUT2D eigenvalue weighted by atomic mass is 16.5. The van der Waals surface area contributed by atoms with E-state index in [0.717, 1.165) is 0 Å². The molecule has 6 nitrogen and oxygen atoms in total. The first-order valence-corrected chi connectivity index (χ1v) is 6.17. The van der Waals surface area contributed by atoms with Crippen molar-refractivity contribution in [1.29, 1.82) is 0 Å². The number of hydrogen-bond acceptors (Lipinski definition) is 5. The molecule has 0 aliphatic heterocycles. The van der Waals surface area contributed by atoms with Gasteiger partial charge in [-0.15, -0.1) is 0 Å². The molecule has 2 rings (SSSR count). The van der Waals surface area contributed by atoms with Crippen LogP contribution in [-0.2, 0) is 0 Å². The van der Waals surface area contributed by atoms with Crippen LogP contribution >= 0.6 is 0 Å². The standard InChI is InChI=1S/C15H16N2O4/c1-20-13-6-3-9(7-14(13)21-2)17-15(19)11-8-10(18)4-5-12(11)16/h3-8,18H,16H2,1-2H3,(H,17,19). The molecule has 0 atom stereocenters. The van der Waals surface area contributed by atoms with Crippen molar-refractivity contribution >= 4 is 17.3 Å². The van der Waals surface area contributed by atoms with Crippen LogP contribution in [0.4, 0.5) is 11.4 Å². The third-order valence-corrected chi connectivity index (χ3v) is 2.92. The molecule has 0 radical (unpaired) electrons. The number of phenolic OH excluding ortho intramolecular Hbond substituents is 1. The molecule has 110 valence electrons. The van der Waals surface area contributed by atoms with Crippen molar-refractivity contribution < 1.29 is 19.4 Å². The smallest absolute Gasteiger partial charge is 0.257 e. The Bertz CT molecular complexity index is 671. The number of amides is 1. The average Bonchev–Trinajstić information content (AvgIpc) is 2.49. The molecule has 0 aliphatic carbocycles. The van der Waals surface area contributed by atoms with Crippen LogP contribution in [0.2, 0.25) is 0 Å². The second-order valence-electron chi connectivity index (χ2n) is 4.30. The third kappa shape index (κ3) is 3.17. The number of phenols is 1. The van der Waals surface area contributed by atoms with Crippen LogP contribution in [0, 0.1) is 0 Å². The van der Waals surface area contributed by atoms with E-state index < -0.39 is 5.91 Å². The van der Waals surface area contributed by atoms with Gasteiger partial charge >= 0.3 is 0 Å². The van der Waals surface area contributed by atoms with Gasteiger partial charge in [-0.3, -0.25) is 4.79 Å². The van der Waals surface area contributed by atoms with Gasteiger partial charge in [-0.1, -0.05) is 0 Å². The molecule has 2 aromatic carbocycles. The van der Waals surface area contributed by atoms with Gasteiger partial charge in [-0.05, 0) is 30.3 Å². The van der Waals surface area contributed by atoms with E-state index in [0.29, 0.717) is 17.2 Å². The maximum Gasteiger partial charge on any atom is 0.257 e. The topological polar surface area (TPSA) is 93.8 Å². The highest BCUT2D eigenvalue weighted by molar-refractivity contribution is 6.08. The fourth-order valence-corrected chi connectivity index (χ4v) is 1.85. The van der Waals surface area contributed by atoms with Crippen LogP contribution < -0.4 is 20.5 Å². The van der Waals surface area contributed by atoms with Crippen molar-refractivity contribution in [2.45, 2.75) is 0 Å². The molecule has 0 fully saturated rings. The number of benzene rings is 2. The Labute approximate surface area is 122 Å². The molecule has 0 saturated heterocycles. The Hall–Kier alpha value is -2.89. The first kappa shape index (κ1) is 14.5. The van der Waals surface area contributed by atoms with Gasteiger partial charge in [0.25, 0.3) is 5.91 Å².